The van der Waals surface area contributed by atoms with Crippen LogP contribution in [0, 0.1) is 13.8 Å². The van der Waals surface area contributed by atoms with Crippen molar-refractivity contribution in [1.82, 2.24) is 4.98 Å². The molecule has 0 radical (unpaired) electrons. The van der Waals surface area contributed by atoms with E-state index >= 15 is 0 Å². The highest BCUT2D eigenvalue weighted by atomic mass is 32.1. The molecular weight excluding hydrogens is 392 g/mol. The number of hydrogen-bond donors (Lipinski definition) is 1. The van der Waals surface area contributed by atoms with Crippen molar-refractivity contribution in [3.8, 4) is 28.1 Å². The van der Waals surface area contributed by atoms with Gasteiger partial charge in [0.25, 0.3) is 5.91 Å². The molecule has 0 aliphatic heterocycles. The molecule has 0 fully saturated rings. The lowest BCUT2D eigenvalue weighted by atomic mass is 10.0. The number of anilines is 1. The first-order chi connectivity index (χ1) is 14.6. The van der Waals surface area contributed by atoms with Gasteiger partial charge in [0.05, 0.1) is 5.69 Å². The van der Waals surface area contributed by atoms with Gasteiger partial charge in [-0.25, -0.2) is 4.98 Å². The normalized spacial score (nSPS) is 10.6. The number of hydrogen-bond acceptors (Lipinski definition) is 4. The second-order valence-electron chi connectivity index (χ2n) is 7.09. The lowest BCUT2D eigenvalue weighted by molar-refractivity contribution is -0.118. The molecule has 5 heteroatoms. The average Bonchev–Trinajstić information content (AvgIpc) is 3.22. The molecule has 150 valence electrons. The summed E-state index contributed by atoms with van der Waals surface area (Å²) in [5, 5.41) is 5.32. The summed E-state index contributed by atoms with van der Waals surface area (Å²) in [4.78, 5) is 16.8. The molecule has 0 aliphatic rings. The lowest BCUT2D eigenvalue weighted by Crippen LogP contribution is -2.20. The number of aromatic nitrogens is 1. The number of benzene rings is 3. The Morgan fingerprint density at radius 3 is 2.37 bits per heavy atom. The quantitative estimate of drug-likeness (QED) is 0.414. The molecule has 1 amide bonds. The largest absolute Gasteiger partial charge is 0.483 e. The summed E-state index contributed by atoms with van der Waals surface area (Å²) in [6.45, 7) is 3.94. The molecule has 0 unspecified atom stereocenters. The zero-order chi connectivity index (χ0) is 20.9. The van der Waals surface area contributed by atoms with Gasteiger partial charge >= 0.3 is 0 Å². The highest BCUT2D eigenvalue weighted by Crippen LogP contribution is 2.27. The van der Waals surface area contributed by atoms with Crippen molar-refractivity contribution in [2.75, 3.05) is 11.9 Å². The van der Waals surface area contributed by atoms with Gasteiger partial charge < -0.3 is 4.74 Å². The predicted octanol–water partition coefficient (Wildman–Crippen LogP) is 6.11. The van der Waals surface area contributed by atoms with Gasteiger partial charge in [0.2, 0.25) is 0 Å². The molecule has 1 heterocycles. The summed E-state index contributed by atoms with van der Waals surface area (Å²) in [5.74, 6) is 0.490. The highest BCUT2D eigenvalue weighted by molar-refractivity contribution is 7.14. The van der Waals surface area contributed by atoms with E-state index in [-0.39, 0.29) is 12.5 Å². The van der Waals surface area contributed by atoms with E-state index in [0.717, 1.165) is 27.9 Å². The fourth-order valence-corrected chi connectivity index (χ4v) is 3.92. The first kappa shape index (κ1) is 19.9. The van der Waals surface area contributed by atoms with Crippen molar-refractivity contribution >= 4 is 22.4 Å². The van der Waals surface area contributed by atoms with Crippen molar-refractivity contribution in [3.05, 3.63) is 89.3 Å². The van der Waals surface area contributed by atoms with Crippen LogP contribution < -0.4 is 10.1 Å². The minimum absolute atomic E-state index is 0.0510. The van der Waals surface area contributed by atoms with Crippen molar-refractivity contribution in [2.45, 2.75) is 13.8 Å². The smallest absolute Gasteiger partial charge is 0.264 e. The summed E-state index contributed by atoms with van der Waals surface area (Å²) < 4.78 is 5.64. The topological polar surface area (TPSA) is 51.2 Å². The molecule has 4 aromatic rings. The van der Waals surface area contributed by atoms with Crippen LogP contribution in [-0.2, 0) is 4.79 Å². The van der Waals surface area contributed by atoms with Crippen LogP contribution in [0.5, 0.6) is 5.75 Å². The first-order valence-corrected chi connectivity index (χ1v) is 10.6. The van der Waals surface area contributed by atoms with E-state index in [2.05, 4.69) is 34.6 Å². The number of nitrogens with zero attached hydrogens (tertiary/aromatic N) is 1. The molecule has 30 heavy (non-hydrogen) atoms. The summed E-state index contributed by atoms with van der Waals surface area (Å²) in [7, 11) is 0. The Morgan fingerprint density at radius 1 is 0.933 bits per heavy atom. The third-order valence-corrected chi connectivity index (χ3v) is 5.49. The zero-order valence-electron chi connectivity index (χ0n) is 16.9. The van der Waals surface area contributed by atoms with E-state index in [9.17, 15) is 4.79 Å². The molecular formula is C25H22N2O2S. The summed E-state index contributed by atoms with van der Waals surface area (Å²) in [6, 6.07) is 24.4. The summed E-state index contributed by atoms with van der Waals surface area (Å²) in [5.41, 5.74) is 6.36. The Bertz CT molecular complexity index is 1150. The number of carbonyl (C=O) groups excluding carboxylic acids is 1. The van der Waals surface area contributed by atoms with Crippen LogP contribution in [0.4, 0.5) is 5.13 Å². The molecule has 0 spiro atoms. The minimum Gasteiger partial charge on any atom is -0.483 e. The van der Waals surface area contributed by atoms with E-state index in [1.807, 2.05) is 67.8 Å². The number of thiazole rings is 1. The molecule has 0 bridgehead atoms. The number of ether oxygens (including phenoxy) is 1. The van der Waals surface area contributed by atoms with Crippen molar-refractivity contribution in [1.29, 1.82) is 0 Å². The molecule has 0 saturated carbocycles. The van der Waals surface area contributed by atoms with Crippen molar-refractivity contribution in [2.24, 2.45) is 0 Å². The molecule has 1 N–H and O–H groups in total. The summed E-state index contributed by atoms with van der Waals surface area (Å²) in [6.07, 6.45) is 0. The van der Waals surface area contributed by atoms with E-state index in [4.69, 9.17) is 4.74 Å². The van der Waals surface area contributed by atoms with Gasteiger partial charge in [0.15, 0.2) is 11.7 Å². The van der Waals surface area contributed by atoms with E-state index < -0.39 is 0 Å². The molecule has 4 rings (SSSR count). The van der Waals surface area contributed by atoms with Gasteiger partial charge in [-0.1, -0.05) is 72.3 Å². The highest BCUT2D eigenvalue weighted by Gasteiger charge is 2.10. The maximum Gasteiger partial charge on any atom is 0.264 e. The van der Waals surface area contributed by atoms with Gasteiger partial charge in [-0.05, 0) is 36.6 Å². The van der Waals surface area contributed by atoms with Crippen LogP contribution >= 0.6 is 11.3 Å². The Morgan fingerprint density at radius 2 is 1.63 bits per heavy atom. The maximum absolute atomic E-state index is 12.2. The van der Waals surface area contributed by atoms with Crippen LogP contribution in [-0.4, -0.2) is 17.5 Å². The van der Waals surface area contributed by atoms with Gasteiger partial charge in [0, 0.05) is 10.9 Å². The Labute approximate surface area is 180 Å². The fourth-order valence-electron chi connectivity index (χ4n) is 3.19. The number of rotatable bonds is 6. The Balaban J connectivity index is 1.37. The van der Waals surface area contributed by atoms with Crippen molar-refractivity contribution < 1.29 is 9.53 Å². The standard InChI is InChI=1S/C25H22N2O2S/c1-17-8-13-23(18(2)14-17)29-15-24(28)27-25-26-22(16-30-25)21-11-9-20(10-12-21)19-6-4-3-5-7-19/h3-14,16H,15H2,1-2H3,(H,26,27,28). The number of nitrogens with one attached hydrogen (secondary N) is 1. The van der Waals surface area contributed by atoms with E-state index in [0.29, 0.717) is 10.9 Å². The zero-order valence-corrected chi connectivity index (χ0v) is 17.7. The van der Waals surface area contributed by atoms with Gasteiger partial charge in [0.1, 0.15) is 5.75 Å². The SMILES string of the molecule is Cc1ccc(OCC(=O)Nc2nc(-c3ccc(-c4ccccc4)cc3)cs2)c(C)c1. The predicted molar refractivity (Wildman–Crippen MR) is 123 cm³/mol. The Hall–Kier alpha value is -3.44. The van der Waals surface area contributed by atoms with Crippen LogP contribution in [0.3, 0.4) is 0 Å². The van der Waals surface area contributed by atoms with Crippen LogP contribution in [0.2, 0.25) is 0 Å². The lowest BCUT2D eigenvalue weighted by Gasteiger charge is -2.09. The molecule has 1 aromatic heterocycles. The molecule has 3 aromatic carbocycles. The van der Waals surface area contributed by atoms with Crippen LogP contribution in [0.25, 0.3) is 22.4 Å². The molecule has 0 atom stereocenters. The molecule has 0 saturated heterocycles. The van der Waals surface area contributed by atoms with Gasteiger partial charge in [-0.15, -0.1) is 11.3 Å². The summed E-state index contributed by atoms with van der Waals surface area (Å²) >= 11 is 1.40. The maximum atomic E-state index is 12.2. The van der Waals surface area contributed by atoms with Gasteiger partial charge in [-0.3, -0.25) is 10.1 Å². The van der Waals surface area contributed by atoms with Crippen LogP contribution in [0.15, 0.2) is 78.2 Å². The second-order valence-corrected chi connectivity index (χ2v) is 7.95. The van der Waals surface area contributed by atoms with E-state index in [1.54, 1.807) is 0 Å². The monoisotopic (exact) mass is 414 g/mol. The third kappa shape index (κ3) is 4.75. The second kappa shape index (κ2) is 8.93. The first-order valence-electron chi connectivity index (χ1n) is 9.70. The third-order valence-electron chi connectivity index (χ3n) is 4.73. The van der Waals surface area contributed by atoms with Crippen molar-refractivity contribution in [3.63, 3.8) is 0 Å². The Kier molecular flexibility index (Phi) is 5.91. The molecule has 4 nitrogen and oxygen atoms in total. The van der Waals surface area contributed by atoms with Crippen LogP contribution in [0.1, 0.15) is 11.1 Å². The fraction of sp³-hybridized carbons (Fsp3) is 0.120. The number of carbonyl (C=O) groups is 1. The van der Waals surface area contributed by atoms with E-state index in [1.165, 1.54) is 16.9 Å². The minimum atomic E-state index is -0.227. The average molecular weight is 415 g/mol. The number of aryl methyl sites for hydroxylation is 2. The van der Waals surface area contributed by atoms with Gasteiger partial charge in [-0.2, -0.15) is 0 Å². The number of amides is 1. The molecule has 0 aliphatic carbocycles.